The van der Waals surface area contributed by atoms with Crippen LogP contribution >= 0.6 is 11.6 Å². The van der Waals surface area contributed by atoms with Crippen molar-refractivity contribution >= 4 is 11.6 Å². The number of nitrogens with two attached hydrogens (primary N) is 1. The molecule has 2 unspecified atom stereocenters. The Balaban J connectivity index is 2.33. The third-order valence-corrected chi connectivity index (χ3v) is 4.15. The van der Waals surface area contributed by atoms with Gasteiger partial charge in [0.15, 0.2) is 0 Å². The molecular formula is C17H17ClF3N. The van der Waals surface area contributed by atoms with E-state index in [-0.39, 0.29) is 18.4 Å². The van der Waals surface area contributed by atoms with Gasteiger partial charge in [0, 0.05) is 10.9 Å². The van der Waals surface area contributed by atoms with Crippen molar-refractivity contribution in [3.05, 3.63) is 70.2 Å². The van der Waals surface area contributed by atoms with E-state index in [0.717, 1.165) is 11.6 Å². The molecule has 0 amide bonds. The Labute approximate surface area is 132 Å². The van der Waals surface area contributed by atoms with E-state index < -0.39 is 11.7 Å². The number of hydrogen-bond donors (Lipinski definition) is 1. The van der Waals surface area contributed by atoms with Crippen LogP contribution in [0.3, 0.4) is 0 Å². The quantitative estimate of drug-likeness (QED) is 0.820. The summed E-state index contributed by atoms with van der Waals surface area (Å²) < 4.78 is 38.6. The average molecular weight is 328 g/mol. The largest absolute Gasteiger partial charge is 0.416 e. The highest BCUT2D eigenvalue weighted by Crippen LogP contribution is 2.36. The average Bonchev–Trinajstić information content (AvgIpc) is 2.48. The van der Waals surface area contributed by atoms with Crippen molar-refractivity contribution in [2.24, 2.45) is 5.73 Å². The molecule has 2 aromatic carbocycles. The number of hydrogen-bond acceptors (Lipinski definition) is 1. The summed E-state index contributed by atoms with van der Waals surface area (Å²) in [7, 11) is 0. The van der Waals surface area contributed by atoms with E-state index in [4.69, 9.17) is 17.3 Å². The molecule has 5 heteroatoms. The lowest BCUT2D eigenvalue weighted by atomic mass is 9.82. The van der Waals surface area contributed by atoms with Gasteiger partial charge in [-0.25, -0.2) is 0 Å². The molecule has 0 radical (unpaired) electrons. The molecule has 0 saturated heterocycles. The lowest BCUT2D eigenvalue weighted by Gasteiger charge is -2.24. The predicted octanol–water partition coefficient (Wildman–Crippen LogP) is 5.20. The molecule has 0 bridgehead atoms. The molecule has 0 heterocycles. The van der Waals surface area contributed by atoms with Crippen molar-refractivity contribution in [3.63, 3.8) is 0 Å². The van der Waals surface area contributed by atoms with Gasteiger partial charge in [-0.05, 0) is 41.8 Å². The van der Waals surface area contributed by atoms with E-state index in [2.05, 4.69) is 0 Å². The third kappa shape index (κ3) is 3.81. The van der Waals surface area contributed by atoms with Crippen LogP contribution in [0.4, 0.5) is 13.2 Å². The Morgan fingerprint density at radius 3 is 2.23 bits per heavy atom. The highest BCUT2D eigenvalue weighted by molar-refractivity contribution is 6.30. The van der Waals surface area contributed by atoms with Crippen LogP contribution in [0, 0.1) is 0 Å². The van der Waals surface area contributed by atoms with E-state index in [1.165, 1.54) is 12.1 Å². The van der Waals surface area contributed by atoms with Gasteiger partial charge in [0.25, 0.3) is 0 Å². The summed E-state index contributed by atoms with van der Waals surface area (Å²) in [4.78, 5) is 0. The summed E-state index contributed by atoms with van der Waals surface area (Å²) in [6.07, 6.45) is -4.35. The van der Waals surface area contributed by atoms with Gasteiger partial charge in [-0.15, -0.1) is 0 Å². The molecule has 2 N–H and O–H groups in total. The minimum absolute atomic E-state index is 0.00856. The van der Waals surface area contributed by atoms with Crippen LogP contribution in [0.2, 0.25) is 5.02 Å². The normalized spacial score (nSPS) is 14.6. The molecule has 2 rings (SSSR count). The zero-order chi connectivity index (χ0) is 16.3. The van der Waals surface area contributed by atoms with Gasteiger partial charge in [-0.2, -0.15) is 13.2 Å². The van der Waals surface area contributed by atoms with Crippen LogP contribution in [-0.4, -0.2) is 6.54 Å². The number of halogens is 4. The van der Waals surface area contributed by atoms with E-state index in [9.17, 15) is 13.2 Å². The van der Waals surface area contributed by atoms with Gasteiger partial charge in [0.05, 0.1) is 5.56 Å². The van der Waals surface area contributed by atoms with Crippen LogP contribution in [0.5, 0.6) is 0 Å². The van der Waals surface area contributed by atoms with Crippen molar-refractivity contribution in [2.75, 3.05) is 6.54 Å². The molecule has 0 aliphatic rings. The molecule has 1 nitrogen and oxygen atoms in total. The molecule has 0 fully saturated rings. The SMILES string of the molecule is CC(c1ccc(Cl)cc1)C(CN)c1cccc(C(F)(F)F)c1. The summed E-state index contributed by atoms with van der Waals surface area (Å²) in [5.74, 6) is -0.200. The molecule has 0 saturated carbocycles. The van der Waals surface area contributed by atoms with Crippen molar-refractivity contribution < 1.29 is 13.2 Å². The first kappa shape index (κ1) is 16.8. The summed E-state index contributed by atoms with van der Waals surface area (Å²) in [6.45, 7) is 2.23. The molecule has 0 aromatic heterocycles. The Morgan fingerprint density at radius 2 is 1.68 bits per heavy atom. The second kappa shape index (κ2) is 6.71. The van der Waals surface area contributed by atoms with E-state index in [0.29, 0.717) is 10.6 Å². The van der Waals surface area contributed by atoms with Gasteiger partial charge in [0.1, 0.15) is 0 Å². The smallest absolute Gasteiger partial charge is 0.330 e. The van der Waals surface area contributed by atoms with Crippen LogP contribution in [0.15, 0.2) is 48.5 Å². The topological polar surface area (TPSA) is 26.0 Å². The van der Waals surface area contributed by atoms with Crippen LogP contribution in [0.1, 0.15) is 35.4 Å². The summed E-state index contributed by atoms with van der Waals surface area (Å²) in [5.41, 5.74) is 6.77. The van der Waals surface area contributed by atoms with E-state index in [1.54, 1.807) is 18.2 Å². The zero-order valence-corrected chi connectivity index (χ0v) is 12.8. The highest BCUT2D eigenvalue weighted by atomic mass is 35.5. The van der Waals surface area contributed by atoms with Gasteiger partial charge in [-0.1, -0.05) is 48.9 Å². The van der Waals surface area contributed by atoms with Crippen LogP contribution < -0.4 is 5.73 Å². The van der Waals surface area contributed by atoms with Gasteiger partial charge in [-0.3, -0.25) is 0 Å². The molecule has 118 valence electrons. The van der Waals surface area contributed by atoms with Crippen LogP contribution in [0.25, 0.3) is 0 Å². The molecule has 22 heavy (non-hydrogen) atoms. The maximum atomic E-state index is 12.9. The molecule has 0 spiro atoms. The Kier molecular flexibility index (Phi) is 5.14. The van der Waals surface area contributed by atoms with Crippen LogP contribution in [-0.2, 0) is 6.18 Å². The molecule has 0 aliphatic carbocycles. The van der Waals surface area contributed by atoms with Gasteiger partial charge in [0.2, 0.25) is 0 Å². The van der Waals surface area contributed by atoms with Crippen molar-refractivity contribution in [1.29, 1.82) is 0 Å². The Morgan fingerprint density at radius 1 is 1.05 bits per heavy atom. The second-order valence-corrected chi connectivity index (χ2v) is 5.74. The first-order chi connectivity index (χ1) is 10.3. The van der Waals surface area contributed by atoms with E-state index >= 15 is 0 Å². The standard InChI is InChI=1S/C17H17ClF3N/c1-11(12-5-7-15(18)8-6-12)16(10-22)13-3-2-4-14(9-13)17(19,20)21/h2-9,11,16H,10,22H2,1H3. The lowest BCUT2D eigenvalue weighted by Crippen LogP contribution is -2.19. The molecular weight excluding hydrogens is 311 g/mol. The fraction of sp³-hybridized carbons (Fsp3) is 0.294. The maximum Gasteiger partial charge on any atom is 0.416 e. The van der Waals surface area contributed by atoms with E-state index in [1.807, 2.05) is 19.1 Å². The molecule has 2 atom stereocenters. The van der Waals surface area contributed by atoms with Crippen molar-refractivity contribution in [3.8, 4) is 0 Å². The molecule has 0 aliphatic heterocycles. The fourth-order valence-electron chi connectivity index (χ4n) is 2.57. The third-order valence-electron chi connectivity index (χ3n) is 3.90. The minimum Gasteiger partial charge on any atom is -0.330 e. The van der Waals surface area contributed by atoms with Gasteiger partial charge >= 0.3 is 6.18 Å². The first-order valence-electron chi connectivity index (χ1n) is 6.95. The predicted molar refractivity (Wildman–Crippen MR) is 83.1 cm³/mol. The first-order valence-corrected chi connectivity index (χ1v) is 7.33. The monoisotopic (exact) mass is 327 g/mol. The summed E-state index contributed by atoms with van der Waals surface area (Å²) >= 11 is 5.87. The summed E-state index contributed by atoms with van der Waals surface area (Å²) in [6, 6.07) is 12.7. The number of rotatable bonds is 4. The lowest BCUT2D eigenvalue weighted by molar-refractivity contribution is -0.137. The Hall–Kier alpha value is -1.52. The van der Waals surface area contributed by atoms with Gasteiger partial charge < -0.3 is 5.73 Å². The molecule has 2 aromatic rings. The minimum atomic E-state index is -4.35. The number of benzene rings is 2. The van der Waals surface area contributed by atoms with Crippen molar-refractivity contribution in [1.82, 2.24) is 0 Å². The zero-order valence-electron chi connectivity index (χ0n) is 12.1. The summed E-state index contributed by atoms with van der Waals surface area (Å²) in [5, 5.41) is 0.624. The number of alkyl halides is 3. The fourth-order valence-corrected chi connectivity index (χ4v) is 2.70. The van der Waals surface area contributed by atoms with Crippen molar-refractivity contribution in [2.45, 2.75) is 24.9 Å². The maximum absolute atomic E-state index is 12.9. The highest BCUT2D eigenvalue weighted by Gasteiger charge is 2.31. The Bertz CT molecular complexity index is 623. The second-order valence-electron chi connectivity index (χ2n) is 5.31.